The second kappa shape index (κ2) is 8.14. The first-order valence-corrected chi connectivity index (χ1v) is 11.0. The number of nitrogens with one attached hydrogen (secondary N) is 1. The van der Waals surface area contributed by atoms with Crippen molar-refractivity contribution in [2.24, 2.45) is 4.99 Å². The van der Waals surface area contributed by atoms with Crippen molar-refractivity contribution in [1.29, 1.82) is 0 Å². The number of hydrogen-bond donors (Lipinski definition) is 1. The van der Waals surface area contributed by atoms with Gasteiger partial charge in [-0.15, -0.1) is 0 Å². The molecule has 0 fully saturated rings. The van der Waals surface area contributed by atoms with Crippen molar-refractivity contribution in [3.63, 3.8) is 0 Å². The fraction of sp³-hybridized carbons (Fsp3) is 0.227. The average Bonchev–Trinajstić information content (AvgIpc) is 2.70. The Hall–Kier alpha value is -1.68. The Labute approximate surface area is 174 Å². The van der Waals surface area contributed by atoms with E-state index in [2.05, 4.69) is 41.9 Å². The lowest BCUT2D eigenvalue weighted by Gasteiger charge is -2.32. The Morgan fingerprint density at radius 3 is 2.33 bits per heavy atom. The summed E-state index contributed by atoms with van der Waals surface area (Å²) in [5.74, 6) is 0. The normalized spacial score (nSPS) is 20.9. The van der Waals surface area contributed by atoms with Crippen LogP contribution in [0.15, 0.2) is 70.4 Å². The van der Waals surface area contributed by atoms with Crippen LogP contribution in [0.3, 0.4) is 0 Å². The third kappa shape index (κ3) is 4.11. The Balaban J connectivity index is 1.76. The van der Waals surface area contributed by atoms with Crippen LogP contribution in [0.2, 0.25) is 10.0 Å². The van der Waals surface area contributed by atoms with E-state index < -0.39 is 0 Å². The van der Waals surface area contributed by atoms with Gasteiger partial charge in [-0.05, 0) is 78.1 Å². The summed E-state index contributed by atoms with van der Waals surface area (Å²) in [6, 6.07) is 16.1. The van der Waals surface area contributed by atoms with Crippen LogP contribution in [0.25, 0.3) is 6.08 Å². The van der Waals surface area contributed by atoms with Crippen LogP contribution in [-0.2, 0) is 0 Å². The molecule has 0 saturated heterocycles. The Morgan fingerprint density at radius 2 is 1.67 bits per heavy atom. The van der Waals surface area contributed by atoms with Gasteiger partial charge in [0.05, 0.1) is 0 Å². The summed E-state index contributed by atoms with van der Waals surface area (Å²) in [5.41, 5.74) is 6.28. The molecule has 2 aromatic carbocycles. The molecule has 5 heteroatoms. The molecule has 1 heterocycles. The molecule has 1 N–H and O–H groups in total. The standard InChI is InChI=1S/C22H20Cl2N2S/c1-27-22-25-20(15-7-11-18(24)12-8-15)19-4-2-3-16(21(19)26-22)13-14-5-9-17(23)10-6-14/h5-13,20H,2-4H2,1H3,(H,25,26)/b16-13+. The number of nitrogens with zero attached hydrogens (tertiary/aromatic N) is 1. The van der Waals surface area contributed by atoms with Gasteiger partial charge < -0.3 is 5.32 Å². The number of amidine groups is 1. The van der Waals surface area contributed by atoms with Crippen LogP contribution in [0.4, 0.5) is 0 Å². The van der Waals surface area contributed by atoms with E-state index in [-0.39, 0.29) is 6.04 Å². The van der Waals surface area contributed by atoms with Crippen LogP contribution in [0.5, 0.6) is 0 Å². The van der Waals surface area contributed by atoms with Gasteiger partial charge in [-0.2, -0.15) is 0 Å². The van der Waals surface area contributed by atoms with E-state index >= 15 is 0 Å². The maximum absolute atomic E-state index is 6.09. The van der Waals surface area contributed by atoms with Crippen molar-refractivity contribution in [2.75, 3.05) is 6.26 Å². The molecule has 1 aliphatic heterocycles. The lowest BCUT2D eigenvalue weighted by Crippen LogP contribution is -2.30. The summed E-state index contributed by atoms with van der Waals surface area (Å²) in [6.45, 7) is 0. The summed E-state index contributed by atoms with van der Waals surface area (Å²) in [6.07, 6.45) is 7.57. The molecule has 1 unspecified atom stereocenters. The maximum Gasteiger partial charge on any atom is 0.161 e. The van der Waals surface area contributed by atoms with E-state index in [1.807, 2.05) is 24.3 Å². The van der Waals surface area contributed by atoms with Gasteiger partial charge in [0, 0.05) is 15.7 Å². The van der Waals surface area contributed by atoms with E-state index in [4.69, 9.17) is 28.2 Å². The average molecular weight is 415 g/mol. The molecule has 0 spiro atoms. The second-order valence-corrected chi connectivity index (χ2v) is 8.36. The highest BCUT2D eigenvalue weighted by Gasteiger charge is 2.29. The van der Waals surface area contributed by atoms with Gasteiger partial charge in [0.1, 0.15) is 6.04 Å². The van der Waals surface area contributed by atoms with Gasteiger partial charge >= 0.3 is 0 Å². The first-order chi connectivity index (χ1) is 13.1. The fourth-order valence-electron chi connectivity index (χ4n) is 3.62. The molecule has 0 saturated carbocycles. The Kier molecular flexibility index (Phi) is 5.63. The number of rotatable bonds is 2. The molecular weight excluding hydrogens is 395 g/mol. The Bertz CT molecular complexity index is 928. The summed E-state index contributed by atoms with van der Waals surface area (Å²) in [7, 11) is 0. The number of aliphatic imine (C=N–C) groups is 1. The summed E-state index contributed by atoms with van der Waals surface area (Å²) < 4.78 is 0. The SMILES string of the molecule is CSC1=NC(c2ccc(Cl)cc2)C2=C(N1)/C(=C/c1ccc(Cl)cc1)CCC2. The van der Waals surface area contributed by atoms with Crippen molar-refractivity contribution in [2.45, 2.75) is 25.3 Å². The molecule has 0 amide bonds. The van der Waals surface area contributed by atoms with Crippen LogP contribution in [0.1, 0.15) is 36.4 Å². The molecule has 27 heavy (non-hydrogen) atoms. The molecule has 2 nitrogen and oxygen atoms in total. The van der Waals surface area contributed by atoms with Crippen LogP contribution in [-0.4, -0.2) is 11.4 Å². The number of thioether (sulfide) groups is 1. The highest BCUT2D eigenvalue weighted by molar-refractivity contribution is 8.13. The molecular formula is C22H20Cl2N2S. The Morgan fingerprint density at radius 1 is 1.00 bits per heavy atom. The number of benzene rings is 2. The first-order valence-electron chi connectivity index (χ1n) is 8.98. The van der Waals surface area contributed by atoms with Gasteiger partial charge in [0.15, 0.2) is 5.17 Å². The van der Waals surface area contributed by atoms with Crippen LogP contribution < -0.4 is 5.32 Å². The highest BCUT2D eigenvalue weighted by atomic mass is 35.5. The third-order valence-electron chi connectivity index (χ3n) is 4.93. The second-order valence-electron chi connectivity index (χ2n) is 6.69. The van der Waals surface area contributed by atoms with Crippen LogP contribution >= 0.6 is 35.0 Å². The number of hydrogen-bond acceptors (Lipinski definition) is 3. The smallest absolute Gasteiger partial charge is 0.161 e. The number of allylic oxidation sites excluding steroid dienone is 1. The van der Waals surface area contributed by atoms with Crippen molar-refractivity contribution in [3.8, 4) is 0 Å². The van der Waals surface area contributed by atoms with Crippen molar-refractivity contribution in [1.82, 2.24) is 5.32 Å². The zero-order valence-electron chi connectivity index (χ0n) is 15.0. The van der Waals surface area contributed by atoms with E-state index in [1.54, 1.807) is 11.8 Å². The molecule has 1 aliphatic carbocycles. The first kappa shape index (κ1) is 18.7. The van der Waals surface area contributed by atoms with E-state index in [9.17, 15) is 0 Å². The van der Waals surface area contributed by atoms with Gasteiger partial charge in [0.25, 0.3) is 0 Å². The zero-order valence-corrected chi connectivity index (χ0v) is 17.3. The number of halogens is 2. The van der Waals surface area contributed by atoms with Crippen LogP contribution in [0, 0.1) is 0 Å². The molecule has 1 atom stereocenters. The topological polar surface area (TPSA) is 24.4 Å². The zero-order chi connectivity index (χ0) is 18.8. The highest BCUT2D eigenvalue weighted by Crippen LogP contribution is 2.41. The largest absolute Gasteiger partial charge is 0.335 e. The van der Waals surface area contributed by atoms with Crippen molar-refractivity contribution >= 4 is 46.2 Å². The summed E-state index contributed by atoms with van der Waals surface area (Å²) >= 11 is 13.8. The third-order valence-corrected chi connectivity index (χ3v) is 6.03. The predicted octanol–water partition coefficient (Wildman–Crippen LogP) is 6.88. The summed E-state index contributed by atoms with van der Waals surface area (Å²) in [5, 5.41) is 6.04. The predicted molar refractivity (Wildman–Crippen MR) is 119 cm³/mol. The minimum atomic E-state index is 0.0508. The monoisotopic (exact) mass is 414 g/mol. The van der Waals surface area contributed by atoms with Gasteiger partial charge in [-0.3, -0.25) is 0 Å². The van der Waals surface area contributed by atoms with E-state index in [0.717, 1.165) is 34.5 Å². The van der Waals surface area contributed by atoms with E-state index in [0.29, 0.717) is 0 Å². The molecule has 138 valence electrons. The molecule has 0 radical (unpaired) electrons. The van der Waals surface area contributed by atoms with Crippen molar-refractivity contribution in [3.05, 3.63) is 86.5 Å². The molecule has 0 bridgehead atoms. The quantitative estimate of drug-likeness (QED) is 0.578. The minimum absolute atomic E-state index is 0.0508. The fourth-order valence-corrected chi connectivity index (χ4v) is 4.29. The van der Waals surface area contributed by atoms with Crippen molar-refractivity contribution < 1.29 is 0 Å². The lowest BCUT2D eigenvalue weighted by atomic mass is 9.84. The lowest BCUT2D eigenvalue weighted by molar-refractivity contribution is 0.660. The van der Waals surface area contributed by atoms with Gasteiger partial charge in [-0.1, -0.05) is 59.2 Å². The maximum atomic E-state index is 6.09. The molecule has 2 aliphatic rings. The minimum Gasteiger partial charge on any atom is -0.335 e. The summed E-state index contributed by atoms with van der Waals surface area (Å²) in [4.78, 5) is 4.96. The molecule has 4 rings (SSSR count). The van der Waals surface area contributed by atoms with E-state index in [1.165, 1.54) is 28.0 Å². The van der Waals surface area contributed by atoms with Gasteiger partial charge in [-0.25, -0.2) is 4.99 Å². The molecule has 0 aromatic heterocycles. The molecule has 2 aromatic rings. The van der Waals surface area contributed by atoms with Gasteiger partial charge in [0.2, 0.25) is 0 Å².